The summed E-state index contributed by atoms with van der Waals surface area (Å²) in [5.41, 5.74) is 2.68. The Morgan fingerprint density at radius 2 is 2.12 bits per heavy atom. The topological polar surface area (TPSA) is 59.4 Å². The van der Waals surface area contributed by atoms with Crippen molar-refractivity contribution in [2.24, 2.45) is 7.05 Å². The third kappa shape index (κ3) is 3.85. The van der Waals surface area contributed by atoms with Crippen LogP contribution in [-0.2, 0) is 7.05 Å². The first-order chi connectivity index (χ1) is 12.1. The second kappa shape index (κ2) is 7.70. The van der Waals surface area contributed by atoms with Gasteiger partial charge >= 0.3 is 0 Å². The second-order valence-corrected chi connectivity index (χ2v) is 6.51. The Morgan fingerprint density at radius 1 is 1.36 bits per heavy atom. The average Bonchev–Trinajstić information content (AvgIpc) is 3.26. The predicted octanol–water partition coefficient (Wildman–Crippen LogP) is 2.30. The van der Waals surface area contributed by atoms with Crippen molar-refractivity contribution >= 4 is 5.91 Å². The van der Waals surface area contributed by atoms with Gasteiger partial charge in [-0.3, -0.25) is 14.4 Å². The van der Waals surface area contributed by atoms with Gasteiger partial charge in [-0.05, 0) is 50.6 Å². The molecule has 1 aliphatic heterocycles. The smallest absolute Gasteiger partial charge is 0.254 e. The van der Waals surface area contributed by atoms with Gasteiger partial charge in [-0.15, -0.1) is 0 Å². The number of likely N-dealkylation sites (tertiary alicyclic amines) is 1. The van der Waals surface area contributed by atoms with E-state index >= 15 is 0 Å². The quantitative estimate of drug-likeness (QED) is 0.875. The molecule has 1 atom stereocenters. The Balaban J connectivity index is 1.76. The van der Waals surface area contributed by atoms with Crippen molar-refractivity contribution in [1.82, 2.24) is 20.0 Å². The third-order valence-corrected chi connectivity index (χ3v) is 5.00. The maximum Gasteiger partial charge on any atom is 0.254 e. The van der Waals surface area contributed by atoms with Crippen LogP contribution in [0.3, 0.4) is 0 Å². The van der Waals surface area contributed by atoms with E-state index in [2.05, 4.69) is 27.4 Å². The second-order valence-electron chi connectivity index (χ2n) is 6.51. The Hall–Kier alpha value is -2.34. The molecule has 1 fully saturated rings. The summed E-state index contributed by atoms with van der Waals surface area (Å²) < 4.78 is 7.08. The zero-order chi connectivity index (χ0) is 17.8. The summed E-state index contributed by atoms with van der Waals surface area (Å²) in [5.74, 6) is 0.772. The summed E-state index contributed by atoms with van der Waals surface area (Å²) in [6.07, 6.45) is 4.04. The van der Waals surface area contributed by atoms with Crippen molar-refractivity contribution in [2.75, 3.05) is 26.7 Å². The molecule has 1 N–H and O–H groups in total. The molecule has 0 radical (unpaired) electrons. The molecule has 0 aliphatic carbocycles. The van der Waals surface area contributed by atoms with E-state index in [0.717, 1.165) is 24.5 Å². The van der Waals surface area contributed by atoms with Gasteiger partial charge in [0.05, 0.1) is 24.9 Å². The van der Waals surface area contributed by atoms with E-state index in [1.165, 1.54) is 18.4 Å². The van der Waals surface area contributed by atoms with E-state index in [1.807, 2.05) is 26.1 Å². The molecule has 1 amide bonds. The van der Waals surface area contributed by atoms with Gasteiger partial charge in [0, 0.05) is 19.3 Å². The van der Waals surface area contributed by atoms with Crippen LogP contribution >= 0.6 is 0 Å². The Labute approximate surface area is 148 Å². The molecule has 0 saturated carbocycles. The van der Waals surface area contributed by atoms with E-state index in [-0.39, 0.29) is 11.9 Å². The number of benzene rings is 1. The van der Waals surface area contributed by atoms with Crippen molar-refractivity contribution in [3.05, 3.63) is 47.3 Å². The fraction of sp³-hybridized carbons (Fsp3) is 0.474. The lowest BCUT2D eigenvalue weighted by molar-refractivity contribution is 0.0937. The van der Waals surface area contributed by atoms with E-state index in [1.54, 1.807) is 18.0 Å². The number of carbonyl (C=O) groups excluding carboxylic acids is 1. The molecule has 6 nitrogen and oxygen atoms in total. The Morgan fingerprint density at radius 3 is 2.76 bits per heavy atom. The molecule has 1 aromatic heterocycles. The number of hydrogen-bond acceptors (Lipinski definition) is 4. The number of rotatable bonds is 6. The molecule has 2 aromatic rings. The molecule has 134 valence electrons. The summed E-state index contributed by atoms with van der Waals surface area (Å²) >= 11 is 0. The lowest BCUT2D eigenvalue weighted by Crippen LogP contribution is -2.37. The number of carbonyl (C=O) groups is 1. The zero-order valence-corrected chi connectivity index (χ0v) is 15.2. The van der Waals surface area contributed by atoms with Crippen LogP contribution in [0.15, 0.2) is 30.5 Å². The van der Waals surface area contributed by atoms with Gasteiger partial charge in [0.25, 0.3) is 5.91 Å². The molecule has 1 aliphatic rings. The lowest BCUT2D eigenvalue weighted by Gasteiger charge is -2.28. The molecule has 6 heteroatoms. The normalized spacial score (nSPS) is 16.0. The third-order valence-electron chi connectivity index (χ3n) is 5.00. The first kappa shape index (κ1) is 17.5. The fourth-order valence-electron chi connectivity index (χ4n) is 3.37. The molecule has 1 aromatic carbocycles. The minimum absolute atomic E-state index is 0.0716. The number of nitrogens with one attached hydrogen (secondary N) is 1. The summed E-state index contributed by atoms with van der Waals surface area (Å²) in [4.78, 5) is 15.0. The largest absolute Gasteiger partial charge is 0.497 e. The van der Waals surface area contributed by atoms with Gasteiger partial charge in [-0.25, -0.2) is 0 Å². The first-order valence-electron chi connectivity index (χ1n) is 8.75. The molecule has 3 rings (SSSR count). The molecule has 25 heavy (non-hydrogen) atoms. The minimum atomic E-state index is -0.0716. The highest BCUT2D eigenvalue weighted by Gasteiger charge is 2.25. The Kier molecular flexibility index (Phi) is 5.38. The van der Waals surface area contributed by atoms with Gasteiger partial charge in [0.15, 0.2) is 0 Å². The SMILES string of the molecule is COc1cccc([C@H](CNC(=O)c2cnn(C)c2C)N2CCCC2)c1. The Bertz CT molecular complexity index is 735. The van der Waals surface area contributed by atoms with E-state index in [4.69, 9.17) is 4.74 Å². The standard InChI is InChI=1S/C19H26N4O2/c1-14-17(12-21-22(14)2)19(24)20-13-18(23-9-4-5-10-23)15-7-6-8-16(11-15)25-3/h6-8,11-12,18H,4-5,9-10,13H2,1-3H3,(H,20,24)/t18-/m0/s1. The molecule has 0 spiro atoms. The fourth-order valence-corrected chi connectivity index (χ4v) is 3.37. The van der Waals surface area contributed by atoms with Crippen molar-refractivity contribution in [2.45, 2.75) is 25.8 Å². The number of aromatic nitrogens is 2. The van der Waals surface area contributed by atoms with Gasteiger partial charge in [-0.2, -0.15) is 5.10 Å². The van der Waals surface area contributed by atoms with Crippen molar-refractivity contribution in [3.8, 4) is 5.75 Å². The number of amides is 1. The molecular weight excluding hydrogens is 316 g/mol. The van der Waals surface area contributed by atoms with Crippen molar-refractivity contribution in [1.29, 1.82) is 0 Å². The average molecular weight is 342 g/mol. The van der Waals surface area contributed by atoms with Crippen LogP contribution in [0, 0.1) is 6.92 Å². The highest BCUT2D eigenvalue weighted by molar-refractivity contribution is 5.95. The van der Waals surface area contributed by atoms with E-state index in [0.29, 0.717) is 12.1 Å². The number of aryl methyl sites for hydroxylation is 1. The lowest BCUT2D eigenvalue weighted by atomic mass is 10.0. The van der Waals surface area contributed by atoms with Gasteiger partial charge in [-0.1, -0.05) is 12.1 Å². The van der Waals surface area contributed by atoms with Crippen molar-refractivity contribution < 1.29 is 9.53 Å². The predicted molar refractivity (Wildman–Crippen MR) is 96.8 cm³/mol. The number of ether oxygens (including phenoxy) is 1. The van der Waals surface area contributed by atoms with Gasteiger partial charge in [0.1, 0.15) is 5.75 Å². The summed E-state index contributed by atoms with van der Waals surface area (Å²) in [7, 11) is 3.52. The van der Waals surface area contributed by atoms with Crippen LogP contribution in [0.1, 0.15) is 40.5 Å². The van der Waals surface area contributed by atoms with E-state index < -0.39 is 0 Å². The van der Waals surface area contributed by atoms with Gasteiger partial charge in [0.2, 0.25) is 0 Å². The van der Waals surface area contributed by atoms with Crippen LogP contribution < -0.4 is 10.1 Å². The van der Waals surface area contributed by atoms with E-state index in [9.17, 15) is 4.79 Å². The van der Waals surface area contributed by atoms with Crippen LogP contribution in [0.4, 0.5) is 0 Å². The maximum atomic E-state index is 12.5. The number of nitrogens with zero attached hydrogens (tertiary/aromatic N) is 3. The van der Waals surface area contributed by atoms with Crippen molar-refractivity contribution in [3.63, 3.8) is 0 Å². The highest BCUT2D eigenvalue weighted by Crippen LogP contribution is 2.27. The van der Waals surface area contributed by atoms with Crippen LogP contribution in [0.5, 0.6) is 5.75 Å². The summed E-state index contributed by atoms with van der Waals surface area (Å²) in [6, 6.07) is 8.27. The molecule has 2 heterocycles. The van der Waals surface area contributed by atoms with Crippen LogP contribution in [-0.4, -0.2) is 47.3 Å². The molecular formula is C19H26N4O2. The molecule has 0 unspecified atom stereocenters. The number of methoxy groups -OCH3 is 1. The summed E-state index contributed by atoms with van der Waals surface area (Å²) in [6.45, 7) is 4.59. The van der Waals surface area contributed by atoms with Crippen LogP contribution in [0.25, 0.3) is 0 Å². The minimum Gasteiger partial charge on any atom is -0.497 e. The van der Waals surface area contributed by atoms with Gasteiger partial charge < -0.3 is 10.1 Å². The number of hydrogen-bond donors (Lipinski definition) is 1. The zero-order valence-electron chi connectivity index (χ0n) is 15.2. The summed E-state index contributed by atoms with van der Waals surface area (Å²) in [5, 5.41) is 7.24. The highest BCUT2D eigenvalue weighted by atomic mass is 16.5. The monoisotopic (exact) mass is 342 g/mol. The maximum absolute atomic E-state index is 12.5. The molecule has 0 bridgehead atoms. The van der Waals surface area contributed by atoms with Crippen LogP contribution in [0.2, 0.25) is 0 Å². The first-order valence-corrected chi connectivity index (χ1v) is 8.75. The molecule has 1 saturated heterocycles.